The molecule has 0 radical (unpaired) electrons. The molecular formula is C33H42FN7O6S. The van der Waals surface area contributed by atoms with Crippen LogP contribution in [0, 0.1) is 11.3 Å². The third-order valence-electron chi connectivity index (χ3n) is 8.24. The highest BCUT2D eigenvalue weighted by molar-refractivity contribution is 7.90. The minimum absolute atomic E-state index is 0.00266. The first-order valence-electron chi connectivity index (χ1n) is 16.2. The average molecular weight is 684 g/mol. The number of halogens is 1. The van der Waals surface area contributed by atoms with Crippen molar-refractivity contribution >= 4 is 32.9 Å². The van der Waals surface area contributed by atoms with E-state index in [-0.39, 0.29) is 53.9 Å². The highest BCUT2D eigenvalue weighted by Gasteiger charge is 2.32. The monoisotopic (exact) mass is 683 g/mol. The molecule has 2 aromatic carbocycles. The summed E-state index contributed by atoms with van der Waals surface area (Å²) >= 11 is 0. The molecule has 0 unspecified atom stereocenters. The van der Waals surface area contributed by atoms with Crippen molar-refractivity contribution in [3.05, 3.63) is 58.6 Å². The Morgan fingerprint density at radius 3 is 2.58 bits per heavy atom. The number of hydrogen-bond acceptors (Lipinski definition) is 9. The molecule has 0 bridgehead atoms. The van der Waals surface area contributed by atoms with Crippen LogP contribution in [0.1, 0.15) is 58.4 Å². The Labute approximate surface area is 279 Å². The fourth-order valence-electron chi connectivity index (χ4n) is 5.72. The lowest BCUT2D eigenvalue weighted by Gasteiger charge is -2.33. The Morgan fingerprint density at radius 1 is 1.12 bits per heavy atom. The zero-order chi connectivity index (χ0) is 34.5. The van der Waals surface area contributed by atoms with Crippen LogP contribution < -0.4 is 20.3 Å². The number of nitrogens with one attached hydrogen (secondary N) is 2. The number of carbonyl (C=O) groups is 1. The molecular weight excluding hydrogens is 641 g/mol. The third kappa shape index (κ3) is 8.80. The van der Waals surface area contributed by atoms with E-state index in [0.29, 0.717) is 36.6 Å². The van der Waals surface area contributed by atoms with Crippen LogP contribution in [0.15, 0.2) is 47.5 Å². The van der Waals surface area contributed by atoms with E-state index in [1.54, 1.807) is 27.7 Å². The first-order chi connectivity index (χ1) is 22.8. The van der Waals surface area contributed by atoms with Gasteiger partial charge >= 0.3 is 16.3 Å². The third-order valence-corrected chi connectivity index (χ3v) is 9.73. The van der Waals surface area contributed by atoms with Gasteiger partial charge in [0.2, 0.25) is 0 Å². The van der Waals surface area contributed by atoms with Crippen LogP contribution >= 0.6 is 0 Å². The lowest BCUT2D eigenvalue weighted by molar-refractivity contribution is 0.0198. The largest absolute Gasteiger partial charge is 0.456 e. The summed E-state index contributed by atoms with van der Waals surface area (Å²) in [4.78, 5) is 31.8. The number of aryl methyl sites for hydroxylation is 1. The standard InChI is InChI=1S/C33H42FN7O6S/c1-33(2,3)47-32(43)39-16-12-24(13-17-39)36-14-4-5-15-40-22-37-28-10-9-25(19-26(28)31(40)42)46-30-8-6-7-29(27(30)20-35)38-48(44,45)41-18-11-23(34)21-41/h6-10,19,22-24,36,38H,4-5,11-18,21H2,1-3H3/t23-/m1/s1. The van der Waals surface area contributed by atoms with Gasteiger partial charge in [0.1, 0.15) is 34.9 Å². The number of carbonyl (C=O) groups excluding carboxylic acids is 1. The van der Waals surface area contributed by atoms with Crippen LogP contribution in [0.5, 0.6) is 11.5 Å². The first kappa shape index (κ1) is 35.1. The number of unbranched alkanes of at least 4 members (excludes halogenated alkanes) is 1. The topological polar surface area (TPSA) is 159 Å². The minimum atomic E-state index is -4.07. The fraction of sp³-hybridized carbons (Fsp3) is 0.515. The molecule has 2 aliphatic rings. The molecule has 0 saturated carbocycles. The lowest BCUT2D eigenvalue weighted by atomic mass is 10.1. The number of ether oxygens (including phenoxy) is 2. The maximum absolute atomic E-state index is 13.6. The van der Waals surface area contributed by atoms with Gasteiger partial charge in [0.05, 0.1) is 22.9 Å². The minimum Gasteiger partial charge on any atom is -0.456 e. The summed E-state index contributed by atoms with van der Waals surface area (Å²) in [6, 6.07) is 11.6. The second-order valence-corrected chi connectivity index (χ2v) is 14.7. The van der Waals surface area contributed by atoms with Gasteiger partial charge in [-0.15, -0.1) is 0 Å². The number of rotatable bonds is 11. The molecule has 48 heavy (non-hydrogen) atoms. The fourth-order valence-corrected chi connectivity index (χ4v) is 7.00. The van der Waals surface area contributed by atoms with Gasteiger partial charge < -0.3 is 19.7 Å². The van der Waals surface area contributed by atoms with Crippen molar-refractivity contribution in [2.24, 2.45) is 0 Å². The predicted molar refractivity (Wildman–Crippen MR) is 179 cm³/mol. The highest BCUT2D eigenvalue weighted by Crippen LogP contribution is 2.32. The molecule has 2 N–H and O–H groups in total. The van der Waals surface area contributed by atoms with Crippen LogP contribution in [0.4, 0.5) is 14.9 Å². The van der Waals surface area contributed by atoms with Gasteiger partial charge in [-0.25, -0.2) is 14.2 Å². The van der Waals surface area contributed by atoms with Crippen LogP contribution in [0.3, 0.4) is 0 Å². The molecule has 258 valence electrons. The molecule has 2 aliphatic heterocycles. The van der Waals surface area contributed by atoms with Crippen LogP contribution in [0.2, 0.25) is 0 Å². The van der Waals surface area contributed by atoms with Crippen molar-refractivity contribution in [3.8, 4) is 17.6 Å². The quantitative estimate of drug-likeness (QED) is 0.277. The maximum Gasteiger partial charge on any atom is 0.410 e. The van der Waals surface area contributed by atoms with E-state index in [9.17, 15) is 27.7 Å². The van der Waals surface area contributed by atoms with E-state index < -0.39 is 22.0 Å². The molecule has 3 heterocycles. The molecule has 0 aliphatic carbocycles. The molecule has 0 spiro atoms. The zero-order valence-electron chi connectivity index (χ0n) is 27.4. The van der Waals surface area contributed by atoms with Crippen molar-refractivity contribution in [3.63, 3.8) is 0 Å². The van der Waals surface area contributed by atoms with Crippen molar-refractivity contribution in [1.29, 1.82) is 5.26 Å². The molecule has 1 aromatic heterocycles. The Kier molecular flexibility index (Phi) is 10.9. The number of nitriles is 1. The van der Waals surface area contributed by atoms with Gasteiger partial charge in [0, 0.05) is 38.8 Å². The lowest BCUT2D eigenvalue weighted by Crippen LogP contribution is -2.46. The summed E-state index contributed by atoms with van der Waals surface area (Å²) in [6.45, 7) is 7.96. The second-order valence-electron chi connectivity index (χ2n) is 13.1. The van der Waals surface area contributed by atoms with Crippen molar-refractivity contribution in [2.45, 2.75) is 77.2 Å². The summed E-state index contributed by atoms with van der Waals surface area (Å²) in [5.74, 6) is 0.367. The first-order valence-corrected chi connectivity index (χ1v) is 17.6. The van der Waals surface area contributed by atoms with Gasteiger partial charge in [-0.2, -0.15) is 18.0 Å². The number of alkyl halides is 1. The van der Waals surface area contributed by atoms with Gasteiger partial charge in [0.25, 0.3) is 5.56 Å². The number of nitrogens with zero attached hydrogens (tertiary/aromatic N) is 5. The number of likely N-dealkylation sites (tertiary alicyclic amines) is 1. The van der Waals surface area contributed by atoms with E-state index in [4.69, 9.17) is 9.47 Å². The highest BCUT2D eigenvalue weighted by atomic mass is 32.2. The van der Waals surface area contributed by atoms with Crippen molar-refractivity contribution < 1.29 is 27.1 Å². The summed E-state index contributed by atoms with van der Waals surface area (Å²) in [5, 5.41) is 13.8. The SMILES string of the molecule is CC(C)(C)OC(=O)N1CCC(NCCCCn2cnc3ccc(Oc4cccc(NS(=O)(=O)N5CC[C@@H](F)C5)c4C#N)cc3c2=O)CC1. The Morgan fingerprint density at radius 2 is 1.90 bits per heavy atom. The number of aromatic nitrogens is 2. The molecule has 2 fully saturated rings. The maximum atomic E-state index is 13.6. The molecule has 1 amide bonds. The summed E-state index contributed by atoms with van der Waals surface area (Å²) < 4.78 is 55.6. The summed E-state index contributed by atoms with van der Waals surface area (Å²) in [7, 11) is -4.07. The van der Waals surface area contributed by atoms with E-state index in [0.717, 1.165) is 36.5 Å². The number of fused-ring (bicyclic) bond motifs is 1. The number of amides is 1. The normalized spacial score (nSPS) is 17.7. The Balaban J connectivity index is 1.16. The molecule has 2 saturated heterocycles. The number of hydrogen-bond donors (Lipinski definition) is 2. The second kappa shape index (κ2) is 14.9. The van der Waals surface area contributed by atoms with E-state index in [1.807, 2.05) is 26.8 Å². The van der Waals surface area contributed by atoms with Crippen molar-refractivity contribution in [1.82, 2.24) is 24.1 Å². The Hall–Kier alpha value is -4.26. The average Bonchev–Trinajstić information content (AvgIpc) is 3.49. The van der Waals surface area contributed by atoms with Gasteiger partial charge in [-0.05, 0) is 89.8 Å². The molecule has 15 heteroatoms. The Bertz CT molecular complexity index is 1830. The summed E-state index contributed by atoms with van der Waals surface area (Å²) in [6.07, 6.45) is 3.45. The predicted octanol–water partition coefficient (Wildman–Crippen LogP) is 4.53. The van der Waals surface area contributed by atoms with E-state index >= 15 is 0 Å². The van der Waals surface area contributed by atoms with Crippen LogP contribution in [-0.2, 0) is 21.5 Å². The van der Waals surface area contributed by atoms with Gasteiger partial charge in [0.15, 0.2) is 0 Å². The smallest absolute Gasteiger partial charge is 0.410 e. The van der Waals surface area contributed by atoms with Crippen LogP contribution in [0.25, 0.3) is 10.9 Å². The van der Waals surface area contributed by atoms with Crippen LogP contribution in [-0.4, -0.2) is 83.8 Å². The molecule has 5 rings (SSSR count). The number of piperidine rings is 1. The summed E-state index contributed by atoms with van der Waals surface area (Å²) in [5.41, 5.74) is -0.302. The molecule has 13 nitrogen and oxygen atoms in total. The van der Waals surface area contributed by atoms with Crippen molar-refractivity contribution in [2.75, 3.05) is 37.4 Å². The van der Waals surface area contributed by atoms with Gasteiger partial charge in [-0.1, -0.05) is 6.07 Å². The van der Waals surface area contributed by atoms with E-state index in [1.165, 1.54) is 24.5 Å². The van der Waals surface area contributed by atoms with E-state index in [2.05, 4.69) is 15.0 Å². The molecule has 1 atom stereocenters. The van der Waals surface area contributed by atoms with Gasteiger partial charge in [-0.3, -0.25) is 14.1 Å². The zero-order valence-corrected chi connectivity index (χ0v) is 28.3. The number of benzene rings is 2. The molecule has 3 aromatic rings. The number of anilines is 1.